The smallest absolute Gasteiger partial charge is 0.126 e. The van der Waals surface area contributed by atoms with Gasteiger partial charge in [0.2, 0.25) is 0 Å². The Morgan fingerprint density at radius 1 is 1.05 bits per heavy atom. The number of hydrogen-bond donors (Lipinski definition) is 0. The molecular formula is C16H33O3PS. The zero-order chi connectivity index (χ0) is 15.7. The highest BCUT2D eigenvalue weighted by molar-refractivity contribution is 7.98. The van der Waals surface area contributed by atoms with Crippen LogP contribution in [0, 0.1) is 0 Å². The van der Waals surface area contributed by atoms with Crippen LogP contribution in [-0.2, 0) is 18.9 Å². The summed E-state index contributed by atoms with van der Waals surface area (Å²) < 4.78 is 21.5. The second-order valence-corrected chi connectivity index (χ2v) is 11.1. The summed E-state index contributed by atoms with van der Waals surface area (Å²) in [5.74, 6) is 3.47. The van der Waals surface area contributed by atoms with Crippen LogP contribution in [0.15, 0.2) is 30.3 Å². The minimum Gasteiger partial charge on any atom is -0.319 e. The van der Waals surface area contributed by atoms with Crippen molar-refractivity contribution in [3.63, 3.8) is 0 Å². The monoisotopic (exact) mass is 336 g/mol. The molecule has 0 N–H and O–H groups in total. The third-order valence-corrected chi connectivity index (χ3v) is 2.92. The minimum absolute atomic E-state index is 0. The second kappa shape index (κ2) is 12.8. The molecule has 0 aliphatic heterocycles. The lowest BCUT2D eigenvalue weighted by Crippen LogP contribution is -2.00. The number of Topliss-reactive ketones (excluding diaryl/α,β-unsaturated/α-hetero) is 1. The van der Waals surface area contributed by atoms with E-state index < -0.39 is 16.7 Å². The molecule has 0 unspecified atom stereocenters. The highest BCUT2D eigenvalue weighted by Crippen LogP contribution is 2.33. The van der Waals surface area contributed by atoms with E-state index in [-0.39, 0.29) is 20.6 Å². The van der Waals surface area contributed by atoms with Crippen LogP contribution in [0.5, 0.6) is 0 Å². The van der Waals surface area contributed by atoms with Crippen molar-refractivity contribution in [3.05, 3.63) is 30.3 Å². The predicted octanol–water partition coefficient (Wildman–Crippen LogP) is 3.76. The van der Waals surface area contributed by atoms with E-state index >= 15 is 0 Å². The van der Waals surface area contributed by atoms with Crippen molar-refractivity contribution < 1.29 is 13.6 Å². The van der Waals surface area contributed by atoms with E-state index in [0.717, 1.165) is 5.30 Å². The Morgan fingerprint density at radius 3 is 1.43 bits per heavy atom. The molecule has 21 heavy (non-hydrogen) atoms. The zero-order valence-electron chi connectivity index (χ0n) is 12.7. The summed E-state index contributed by atoms with van der Waals surface area (Å²) in [6.07, 6.45) is 3.21. The van der Waals surface area contributed by atoms with Gasteiger partial charge in [-0.25, -0.2) is 0 Å². The molecule has 1 aromatic carbocycles. The Balaban J connectivity index is -0.000000114. The van der Waals surface area contributed by atoms with E-state index in [0.29, 0.717) is 0 Å². The fraction of sp³-hybridized carbons (Fsp3) is 0.500. The third-order valence-electron chi connectivity index (χ3n) is 1.38. The van der Waals surface area contributed by atoms with Crippen LogP contribution in [0.3, 0.4) is 0 Å². The summed E-state index contributed by atoms with van der Waals surface area (Å²) in [7, 11) is -3.68. The van der Waals surface area contributed by atoms with Gasteiger partial charge in [0.05, 0.1) is 0 Å². The molecule has 1 aromatic rings. The maximum atomic E-state index is 11.4. The van der Waals surface area contributed by atoms with Crippen LogP contribution < -0.4 is 5.30 Å². The minimum atomic E-state index is -2.02. The van der Waals surface area contributed by atoms with E-state index in [2.05, 4.69) is 5.87 Å². The summed E-state index contributed by atoms with van der Waals surface area (Å²) in [5, 5.41) is 0.954. The lowest BCUT2D eigenvalue weighted by molar-refractivity contribution is -0.114. The largest absolute Gasteiger partial charge is 0.319 e. The SMILES string of the molecule is C.C.C=S(C)(C)=O.CC(C)=O.CP(C)(=O)c1ccccc1. The fourth-order valence-electron chi connectivity index (χ4n) is 0.787. The molecule has 0 aliphatic carbocycles. The first-order chi connectivity index (χ1) is 8.34. The average molecular weight is 336 g/mol. The van der Waals surface area contributed by atoms with Gasteiger partial charge < -0.3 is 9.36 Å². The molecule has 1 rings (SSSR count). The molecule has 0 atom stereocenters. The first-order valence-corrected chi connectivity index (χ1v) is 10.8. The maximum Gasteiger partial charge on any atom is 0.126 e. The Labute approximate surface area is 132 Å². The lowest BCUT2D eigenvalue weighted by atomic mass is 10.4. The molecule has 0 bridgehead atoms. The van der Waals surface area contributed by atoms with Crippen molar-refractivity contribution in [2.45, 2.75) is 28.7 Å². The summed E-state index contributed by atoms with van der Waals surface area (Å²) in [4.78, 5) is 9.44. The van der Waals surface area contributed by atoms with Crippen molar-refractivity contribution in [1.82, 2.24) is 0 Å². The molecule has 5 heteroatoms. The highest BCUT2D eigenvalue weighted by atomic mass is 32.2. The van der Waals surface area contributed by atoms with Gasteiger partial charge in [-0.2, -0.15) is 0 Å². The third kappa shape index (κ3) is 32.6. The van der Waals surface area contributed by atoms with Crippen LogP contribution in [0.4, 0.5) is 0 Å². The Bertz CT molecular complexity index is 502. The van der Waals surface area contributed by atoms with Gasteiger partial charge in [-0.3, -0.25) is 4.21 Å². The zero-order valence-corrected chi connectivity index (χ0v) is 14.4. The van der Waals surface area contributed by atoms with Gasteiger partial charge in [0.15, 0.2) is 0 Å². The normalized spacial score (nSPS) is 9.43. The number of carbonyl (C=O) groups is 1. The molecule has 126 valence electrons. The maximum absolute atomic E-state index is 11.4. The first-order valence-electron chi connectivity index (χ1n) is 5.69. The van der Waals surface area contributed by atoms with Crippen molar-refractivity contribution in [1.29, 1.82) is 0 Å². The van der Waals surface area contributed by atoms with E-state index in [1.807, 2.05) is 30.3 Å². The van der Waals surface area contributed by atoms with Crippen LogP contribution >= 0.6 is 7.14 Å². The topological polar surface area (TPSA) is 51.2 Å². The van der Waals surface area contributed by atoms with Crippen molar-refractivity contribution >= 4 is 33.6 Å². The number of rotatable bonds is 1. The van der Waals surface area contributed by atoms with Gasteiger partial charge in [-0.05, 0) is 42.6 Å². The van der Waals surface area contributed by atoms with Crippen molar-refractivity contribution in [3.8, 4) is 0 Å². The first kappa shape index (κ1) is 28.3. The predicted molar refractivity (Wildman–Crippen MR) is 102 cm³/mol. The van der Waals surface area contributed by atoms with Crippen LogP contribution in [0.1, 0.15) is 28.7 Å². The summed E-state index contributed by atoms with van der Waals surface area (Å²) in [6.45, 7) is 6.62. The molecule has 0 saturated heterocycles. The second-order valence-electron chi connectivity index (χ2n) is 5.03. The number of ketones is 1. The standard InChI is InChI=1S/C8H11OP.C3H8OS.C3H6O.2CH4/c1-10(2,9)8-6-4-3-5-7-8;1-5(2,3)4;1-3(2)4;;/h3-7H,1-2H3;1H2,2-3H3;1-2H3;2*1H4. The Kier molecular flexibility index (Phi) is 17.3. The van der Waals surface area contributed by atoms with Crippen LogP contribution in [-0.4, -0.2) is 41.7 Å². The average Bonchev–Trinajstić information content (AvgIpc) is 2.14. The molecule has 0 aromatic heterocycles. The molecule has 0 heterocycles. The highest BCUT2D eigenvalue weighted by Gasteiger charge is 2.08. The molecule has 3 nitrogen and oxygen atoms in total. The quantitative estimate of drug-likeness (QED) is 0.579. The summed E-state index contributed by atoms with van der Waals surface area (Å²) >= 11 is 0. The van der Waals surface area contributed by atoms with Gasteiger partial charge in [-0.1, -0.05) is 45.2 Å². The van der Waals surface area contributed by atoms with Crippen LogP contribution in [0.25, 0.3) is 0 Å². The molecule has 0 aliphatic rings. The summed E-state index contributed by atoms with van der Waals surface area (Å²) in [6, 6.07) is 9.56. The van der Waals surface area contributed by atoms with E-state index in [9.17, 15) is 13.6 Å². The van der Waals surface area contributed by atoms with Gasteiger partial charge in [0.25, 0.3) is 0 Å². The van der Waals surface area contributed by atoms with Gasteiger partial charge in [-0.15, -0.1) is 0 Å². The Hall–Kier alpha value is -0.860. The molecule has 0 saturated carbocycles. The van der Waals surface area contributed by atoms with Gasteiger partial charge in [0, 0.05) is 17.8 Å². The molecular weight excluding hydrogens is 303 g/mol. The molecule has 0 spiro atoms. The molecule has 0 fully saturated rings. The number of benzene rings is 1. The van der Waals surface area contributed by atoms with E-state index in [4.69, 9.17) is 0 Å². The van der Waals surface area contributed by atoms with Crippen molar-refractivity contribution in [2.75, 3.05) is 25.8 Å². The Morgan fingerprint density at radius 2 is 1.29 bits per heavy atom. The van der Waals surface area contributed by atoms with Crippen LogP contribution in [0.2, 0.25) is 0 Å². The van der Waals surface area contributed by atoms with E-state index in [1.165, 1.54) is 13.8 Å². The molecule has 0 amide bonds. The number of hydrogen-bond acceptors (Lipinski definition) is 3. The number of carbonyl (C=O) groups excluding carboxylic acids is 1. The van der Waals surface area contributed by atoms with Gasteiger partial charge >= 0.3 is 0 Å². The fourth-order valence-corrected chi connectivity index (χ4v) is 1.68. The van der Waals surface area contributed by atoms with E-state index in [1.54, 1.807) is 25.8 Å². The van der Waals surface area contributed by atoms with Crippen molar-refractivity contribution in [2.24, 2.45) is 0 Å². The summed E-state index contributed by atoms with van der Waals surface area (Å²) in [5.41, 5.74) is 0. The lowest BCUT2D eigenvalue weighted by Gasteiger charge is -2.04. The van der Waals surface area contributed by atoms with Gasteiger partial charge in [0.1, 0.15) is 12.9 Å². The molecule has 0 radical (unpaired) electrons.